The van der Waals surface area contributed by atoms with E-state index in [4.69, 9.17) is 4.74 Å². The van der Waals surface area contributed by atoms with Crippen LogP contribution in [0.4, 0.5) is 4.79 Å². The van der Waals surface area contributed by atoms with Gasteiger partial charge in [0.25, 0.3) is 0 Å². The van der Waals surface area contributed by atoms with Crippen molar-refractivity contribution in [1.29, 1.82) is 0 Å². The molecule has 1 rings (SSSR count). The molecule has 8 nitrogen and oxygen atoms in total. The van der Waals surface area contributed by atoms with Crippen molar-refractivity contribution in [3.05, 3.63) is 29.8 Å². The van der Waals surface area contributed by atoms with Crippen LogP contribution in [0.25, 0.3) is 0 Å². The first-order valence-electron chi connectivity index (χ1n) is 10.6. The standard InChI is InChI=1S/C23H37N3O5S/c1-14(2)24-19(28)18(15-9-11-16(27)12-10-15)26(22(3,4)5)20(29)17(13-32)25-21(30)31-23(6,7)8/h9-12,14,17-18,27,32H,13H2,1-8H3,(H,24,28)(H,25,30). The molecular formula is C23H37N3O5S. The molecule has 0 aliphatic heterocycles. The molecule has 0 spiro atoms. The summed E-state index contributed by atoms with van der Waals surface area (Å²) >= 11 is 4.26. The summed E-state index contributed by atoms with van der Waals surface area (Å²) < 4.78 is 5.28. The van der Waals surface area contributed by atoms with E-state index < -0.39 is 35.2 Å². The zero-order valence-corrected chi connectivity index (χ0v) is 21.1. The normalized spacial score (nSPS) is 13.8. The van der Waals surface area contributed by atoms with E-state index >= 15 is 0 Å². The van der Waals surface area contributed by atoms with Gasteiger partial charge >= 0.3 is 6.09 Å². The quantitative estimate of drug-likeness (QED) is 0.460. The predicted molar refractivity (Wildman–Crippen MR) is 128 cm³/mol. The zero-order chi connectivity index (χ0) is 24.9. The summed E-state index contributed by atoms with van der Waals surface area (Å²) in [4.78, 5) is 40.7. The first-order valence-corrected chi connectivity index (χ1v) is 11.2. The highest BCUT2D eigenvalue weighted by Gasteiger charge is 2.41. The lowest BCUT2D eigenvalue weighted by molar-refractivity contribution is -0.148. The number of carbonyl (C=O) groups is 3. The lowest BCUT2D eigenvalue weighted by atomic mass is 9.95. The SMILES string of the molecule is CC(C)NC(=O)C(c1ccc(O)cc1)N(C(=O)C(CS)NC(=O)OC(C)(C)C)C(C)(C)C. The van der Waals surface area contributed by atoms with Gasteiger partial charge in [0.2, 0.25) is 11.8 Å². The Morgan fingerprint density at radius 1 is 1.03 bits per heavy atom. The number of nitrogens with one attached hydrogen (secondary N) is 2. The molecule has 9 heteroatoms. The number of hydrogen-bond acceptors (Lipinski definition) is 6. The van der Waals surface area contributed by atoms with Crippen molar-refractivity contribution in [3.63, 3.8) is 0 Å². The van der Waals surface area contributed by atoms with E-state index in [1.54, 1.807) is 32.9 Å². The minimum atomic E-state index is -1.01. The van der Waals surface area contributed by atoms with Crippen LogP contribution in [-0.4, -0.2) is 56.9 Å². The first-order chi connectivity index (χ1) is 14.6. The van der Waals surface area contributed by atoms with Crippen LogP contribution >= 0.6 is 12.6 Å². The maximum atomic E-state index is 13.7. The molecule has 3 N–H and O–H groups in total. The van der Waals surface area contributed by atoms with E-state index in [0.29, 0.717) is 5.56 Å². The van der Waals surface area contributed by atoms with E-state index in [1.165, 1.54) is 17.0 Å². The van der Waals surface area contributed by atoms with Gasteiger partial charge in [-0.3, -0.25) is 9.59 Å². The average Bonchev–Trinajstić information content (AvgIpc) is 2.61. The van der Waals surface area contributed by atoms with Crippen molar-refractivity contribution < 1.29 is 24.2 Å². The van der Waals surface area contributed by atoms with Gasteiger partial charge in [-0.05, 0) is 73.1 Å². The molecule has 2 unspecified atom stereocenters. The van der Waals surface area contributed by atoms with E-state index in [1.807, 2.05) is 34.6 Å². The van der Waals surface area contributed by atoms with Crippen molar-refractivity contribution >= 4 is 30.5 Å². The second-order valence-corrected chi connectivity index (χ2v) is 10.3. The molecule has 0 saturated heterocycles. The molecule has 0 aromatic heterocycles. The fraction of sp³-hybridized carbons (Fsp3) is 0.609. The van der Waals surface area contributed by atoms with Crippen LogP contribution in [0, 0.1) is 0 Å². The summed E-state index contributed by atoms with van der Waals surface area (Å²) in [6.45, 7) is 14.3. The van der Waals surface area contributed by atoms with Gasteiger partial charge in [0.05, 0.1) is 0 Å². The predicted octanol–water partition coefficient (Wildman–Crippen LogP) is 3.41. The molecule has 0 aliphatic rings. The number of amides is 3. The smallest absolute Gasteiger partial charge is 0.408 e. The Labute approximate surface area is 196 Å². The number of carbonyl (C=O) groups excluding carboxylic acids is 3. The zero-order valence-electron chi connectivity index (χ0n) is 20.2. The highest BCUT2D eigenvalue weighted by atomic mass is 32.1. The number of thiol groups is 1. The number of phenols is 1. The van der Waals surface area contributed by atoms with Crippen molar-refractivity contribution in [2.45, 2.75) is 84.7 Å². The third-order valence-electron chi connectivity index (χ3n) is 4.28. The number of hydrogen-bond donors (Lipinski definition) is 4. The van der Waals surface area contributed by atoms with Crippen LogP contribution in [0.2, 0.25) is 0 Å². The number of nitrogens with zero attached hydrogens (tertiary/aromatic N) is 1. The van der Waals surface area contributed by atoms with Crippen LogP contribution < -0.4 is 10.6 Å². The molecular weight excluding hydrogens is 430 g/mol. The number of rotatable bonds is 7. The molecule has 0 saturated carbocycles. The van der Waals surface area contributed by atoms with Gasteiger partial charge in [-0.1, -0.05) is 12.1 Å². The fourth-order valence-electron chi connectivity index (χ4n) is 3.09. The molecule has 1 aromatic carbocycles. The largest absolute Gasteiger partial charge is 0.508 e. The molecule has 0 aliphatic carbocycles. The number of aromatic hydroxyl groups is 1. The van der Waals surface area contributed by atoms with Crippen molar-refractivity contribution in [2.24, 2.45) is 0 Å². The third kappa shape index (κ3) is 8.26. The monoisotopic (exact) mass is 467 g/mol. The van der Waals surface area contributed by atoms with Gasteiger partial charge in [-0.25, -0.2) is 4.79 Å². The van der Waals surface area contributed by atoms with Crippen molar-refractivity contribution in [1.82, 2.24) is 15.5 Å². The molecule has 2 atom stereocenters. The molecule has 0 bridgehead atoms. The minimum Gasteiger partial charge on any atom is -0.508 e. The molecule has 0 radical (unpaired) electrons. The molecule has 32 heavy (non-hydrogen) atoms. The molecule has 3 amide bonds. The van der Waals surface area contributed by atoms with Crippen molar-refractivity contribution in [3.8, 4) is 5.75 Å². The Balaban J connectivity index is 3.43. The van der Waals surface area contributed by atoms with Crippen LogP contribution in [0.5, 0.6) is 5.75 Å². The summed E-state index contributed by atoms with van der Waals surface area (Å²) in [6.07, 6.45) is -0.744. The Hall–Kier alpha value is -2.42. The average molecular weight is 468 g/mol. The van der Waals surface area contributed by atoms with Crippen LogP contribution in [0.15, 0.2) is 24.3 Å². The first kappa shape index (κ1) is 27.6. The Morgan fingerprint density at radius 2 is 1.56 bits per heavy atom. The number of ether oxygens (including phenoxy) is 1. The highest BCUT2D eigenvalue weighted by Crippen LogP contribution is 2.31. The van der Waals surface area contributed by atoms with E-state index in [0.717, 1.165) is 0 Å². The summed E-state index contributed by atoms with van der Waals surface area (Å²) in [6, 6.07) is 3.97. The van der Waals surface area contributed by atoms with Gasteiger partial charge in [0.1, 0.15) is 23.4 Å². The van der Waals surface area contributed by atoms with Gasteiger partial charge in [0.15, 0.2) is 0 Å². The topological polar surface area (TPSA) is 108 Å². The minimum absolute atomic E-state index is 0.0127. The highest BCUT2D eigenvalue weighted by molar-refractivity contribution is 7.80. The van der Waals surface area contributed by atoms with E-state index in [2.05, 4.69) is 23.3 Å². The molecule has 0 heterocycles. The van der Waals surface area contributed by atoms with Gasteiger partial charge in [0, 0.05) is 17.3 Å². The fourth-order valence-corrected chi connectivity index (χ4v) is 3.33. The lowest BCUT2D eigenvalue weighted by Gasteiger charge is -2.43. The van der Waals surface area contributed by atoms with Crippen molar-refractivity contribution in [2.75, 3.05) is 5.75 Å². The number of phenolic OH excluding ortho intramolecular Hbond substituents is 1. The summed E-state index contributed by atoms with van der Waals surface area (Å²) in [5.74, 6) is -0.789. The van der Waals surface area contributed by atoms with Gasteiger partial charge < -0.3 is 25.4 Å². The molecule has 1 aromatic rings. The van der Waals surface area contributed by atoms with Gasteiger partial charge in [-0.2, -0.15) is 12.6 Å². The molecule has 180 valence electrons. The van der Waals surface area contributed by atoms with Gasteiger partial charge in [-0.15, -0.1) is 0 Å². The van der Waals surface area contributed by atoms with Crippen LogP contribution in [0.3, 0.4) is 0 Å². The third-order valence-corrected chi connectivity index (χ3v) is 4.64. The Bertz CT molecular complexity index is 797. The maximum Gasteiger partial charge on any atom is 0.408 e. The summed E-state index contributed by atoms with van der Waals surface area (Å²) in [5, 5.41) is 15.1. The molecule has 0 fully saturated rings. The second kappa shape index (κ2) is 10.9. The lowest BCUT2D eigenvalue weighted by Crippen LogP contribution is -2.59. The van der Waals surface area contributed by atoms with Crippen LogP contribution in [0.1, 0.15) is 67.0 Å². The number of benzene rings is 1. The van der Waals surface area contributed by atoms with Crippen LogP contribution in [-0.2, 0) is 14.3 Å². The second-order valence-electron chi connectivity index (χ2n) is 9.92. The van der Waals surface area contributed by atoms with E-state index in [9.17, 15) is 19.5 Å². The Morgan fingerprint density at radius 3 is 1.97 bits per heavy atom. The summed E-state index contributed by atoms with van der Waals surface area (Å²) in [7, 11) is 0. The Kier molecular flexibility index (Phi) is 9.44. The van der Waals surface area contributed by atoms with E-state index in [-0.39, 0.29) is 23.5 Å². The maximum absolute atomic E-state index is 13.7. The number of alkyl carbamates (subject to hydrolysis) is 1. The summed E-state index contributed by atoms with van der Waals surface area (Å²) in [5.41, 5.74) is -0.992.